The molecule has 1 rings (SSSR count). The summed E-state index contributed by atoms with van der Waals surface area (Å²) in [5.74, 6) is 1.82. The van der Waals surface area contributed by atoms with Crippen molar-refractivity contribution in [1.29, 1.82) is 0 Å². The predicted molar refractivity (Wildman–Crippen MR) is 69.6 cm³/mol. The van der Waals surface area contributed by atoms with Crippen LogP contribution in [-0.2, 0) is 0 Å². The van der Waals surface area contributed by atoms with Gasteiger partial charge in [-0.2, -0.15) is 0 Å². The zero-order valence-corrected chi connectivity index (χ0v) is 10.9. The van der Waals surface area contributed by atoms with Gasteiger partial charge in [0.15, 0.2) is 0 Å². The fourth-order valence-corrected chi connectivity index (χ4v) is 2.89. The molecule has 0 aromatic heterocycles. The Labute approximate surface area is 97.7 Å². The minimum atomic E-state index is 0.592. The highest BCUT2D eigenvalue weighted by atomic mass is 32.2. The second kappa shape index (κ2) is 6.19. The van der Waals surface area contributed by atoms with E-state index in [4.69, 9.17) is 0 Å². The first kappa shape index (κ1) is 12.6. The van der Waals surface area contributed by atoms with Gasteiger partial charge in [-0.05, 0) is 31.5 Å². The zero-order valence-electron chi connectivity index (χ0n) is 10.1. The molecule has 0 heterocycles. The Bertz CT molecular complexity index is 296. The minimum Gasteiger partial charge on any atom is -0.316 e. The number of hydrogen-bond donors (Lipinski definition) is 1. The van der Waals surface area contributed by atoms with Gasteiger partial charge >= 0.3 is 0 Å². The molecule has 0 radical (unpaired) electrons. The molecular formula is C13H21NS. The van der Waals surface area contributed by atoms with E-state index in [0.717, 1.165) is 5.75 Å². The Morgan fingerprint density at radius 3 is 2.47 bits per heavy atom. The average molecular weight is 223 g/mol. The van der Waals surface area contributed by atoms with Crippen LogP contribution in [0.3, 0.4) is 0 Å². The summed E-state index contributed by atoms with van der Waals surface area (Å²) >= 11 is 1.95. The first-order valence-corrected chi connectivity index (χ1v) is 6.49. The first-order valence-electron chi connectivity index (χ1n) is 5.51. The van der Waals surface area contributed by atoms with Crippen LogP contribution < -0.4 is 5.32 Å². The van der Waals surface area contributed by atoms with Crippen LogP contribution in [0.5, 0.6) is 0 Å². The molecule has 84 valence electrons. The molecule has 15 heavy (non-hydrogen) atoms. The molecule has 1 N–H and O–H groups in total. The molecule has 1 aromatic carbocycles. The predicted octanol–water partition coefficient (Wildman–Crippen LogP) is 3.33. The fourth-order valence-electron chi connectivity index (χ4n) is 1.51. The van der Waals surface area contributed by atoms with Gasteiger partial charge in [0.1, 0.15) is 0 Å². The van der Waals surface area contributed by atoms with Gasteiger partial charge < -0.3 is 5.32 Å². The first-order chi connectivity index (χ1) is 7.15. The number of rotatable bonds is 5. The molecule has 1 nitrogen and oxygen atoms in total. The van der Waals surface area contributed by atoms with Crippen LogP contribution >= 0.6 is 11.8 Å². The Morgan fingerprint density at radius 1 is 1.27 bits per heavy atom. The van der Waals surface area contributed by atoms with Gasteiger partial charge in [-0.3, -0.25) is 0 Å². The molecular weight excluding hydrogens is 202 g/mol. The monoisotopic (exact) mass is 223 g/mol. The van der Waals surface area contributed by atoms with Crippen LogP contribution in [0.4, 0.5) is 0 Å². The Kier molecular flexibility index (Phi) is 5.20. The van der Waals surface area contributed by atoms with E-state index >= 15 is 0 Å². The highest BCUT2D eigenvalue weighted by molar-refractivity contribution is 7.99. The van der Waals surface area contributed by atoms with Crippen molar-refractivity contribution in [2.45, 2.75) is 31.7 Å². The lowest BCUT2D eigenvalue weighted by molar-refractivity contribution is 0.465. The summed E-state index contributed by atoms with van der Waals surface area (Å²) in [5.41, 5.74) is 1.38. The average Bonchev–Trinajstić information content (AvgIpc) is 2.21. The van der Waals surface area contributed by atoms with Crippen molar-refractivity contribution in [3.05, 3.63) is 29.8 Å². The van der Waals surface area contributed by atoms with Crippen molar-refractivity contribution >= 4 is 11.8 Å². The van der Waals surface area contributed by atoms with E-state index in [1.165, 1.54) is 10.5 Å². The van der Waals surface area contributed by atoms with Crippen molar-refractivity contribution in [2.75, 3.05) is 12.8 Å². The topological polar surface area (TPSA) is 12.0 Å². The van der Waals surface area contributed by atoms with E-state index in [9.17, 15) is 0 Å². The Balaban J connectivity index is 2.53. The van der Waals surface area contributed by atoms with Gasteiger partial charge in [-0.1, -0.05) is 32.0 Å². The van der Waals surface area contributed by atoms with E-state index in [-0.39, 0.29) is 0 Å². The highest BCUT2D eigenvalue weighted by Gasteiger charge is 2.11. The molecule has 2 heteroatoms. The number of nitrogens with one attached hydrogen (secondary N) is 1. The van der Waals surface area contributed by atoms with E-state index in [1.54, 1.807) is 0 Å². The quantitative estimate of drug-likeness (QED) is 0.768. The van der Waals surface area contributed by atoms with Gasteiger partial charge in [0, 0.05) is 16.7 Å². The van der Waals surface area contributed by atoms with Gasteiger partial charge in [-0.15, -0.1) is 11.8 Å². The van der Waals surface area contributed by atoms with E-state index < -0.39 is 0 Å². The van der Waals surface area contributed by atoms with Gasteiger partial charge in [0.2, 0.25) is 0 Å². The van der Waals surface area contributed by atoms with E-state index in [2.05, 4.69) is 50.4 Å². The third kappa shape index (κ3) is 3.88. The van der Waals surface area contributed by atoms with Crippen LogP contribution in [0.1, 0.15) is 19.4 Å². The van der Waals surface area contributed by atoms with E-state index in [1.807, 2.05) is 18.8 Å². The summed E-state index contributed by atoms with van der Waals surface area (Å²) < 4.78 is 0. The Hall–Kier alpha value is -0.470. The molecule has 0 saturated heterocycles. The maximum atomic E-state index is 3.37. The van der Waals surface area contributed by atoms with E-state index in [0.29, 0.717) is 12.0 Å². The summed E-state index contributed by atoms with van der Waals surface area (Å²) in [4.78, 5) is 1.40. The molecule has 0 aliphatic rings. The smallest absolute Gasteiger partial charge is 0.0181 e. The molecule has 0 aliphatic carbocycles. The summed E-state index contributed by atoms with van der Waals surface area (Å²) in [5, 5.41) is 3.37. The molecule has 1 atom stereocenters. The standard InChI is InChI=1S/C13H21NS/c1-10(2)12(14-4)9-15-13-8-6-5-7-11(13)3/h5-8,10,12,14H,9H2,1-4H3. The van der Waals surface area contributed by atoms with Crippen LogP contribution in [-0.4, -0.2) is 18.8 Å². The Morgan fingerprint density at radius 2 is 1.93 bits per heavy atom. The second-order valence-electron chi connectivity index (χ2n) is 4.22. The van der Waals surface area contributed by atoms with Gasteiger partial charge in [0.05, 0.1) is 0 Å². The zero-order chi connectivity index (χ0) is 11.3. The SMILES string of the molecule is CNC(CSc1ccccc1C)C(C)C. The molecule has 0 bridgehead atoms. The molecule has 0 fully saturated rings. The molecule has 0 aliphatic heterocycles. The second-order valence-corrected chi connectivity index (χ2v) is 5.28. The van der Waals surface area contributed by atoms with Crippen LogP contribution in [0.2, 0.25) is 0 Å². The maximum Gasteiger partial charge on any atom is 0.0181 e. The lowest BCUT2D eigenvalue weighted by Crippen LogP contribution is -2.32. The molecule has 1 unspecified atom stereocenters. The number of benzene rings is 1. The summed E-state index contributed by atoms with van der Waals surface area (Å²) in [6.45, 7) is 6.70. The van der Waals surface area contributed by atoms with Crippen LogP contribution in [0.15, 0.2) is 29.2 Å². The van der Waals surface area contributed by atoms with Gasteiger partial charge in [0.25, 0.3) is 0 Å². The van der Waals surface area contributed by atoms with Crippen molar-refractivity contribution in [3.8, 4) is 0 Å². The minimum absolute atomic E-state index is 0.592. The fraction of sp³-hybridized carbons (Fsp3) is 0.538. The van der Waals surface area contributed by atoms with Crippen molar-refractivity contribution in [2.24, 2.45) is 5.92 Å². The van der Waals surface area contributed by atoms with Crippen molar-refractivity contribution < 1.29 is 0 Å². The third-order valence-corrected chi connectivity index (χ3v) is 3.98. The summed E-state index contributed by atoms with van der Waals surface area (Å²) in [7, 11) is 2.04. The summed E-state index contributed by atoms with van der Waals surface area (Å²) in [6, 6.07) is 9.17. The third-order valence-electron chi connectivity index (χ3n) is 2.69. The number of aryl methyl sites for hydroxylation is 1. The molecule has 1 aromatic rings. The lowest BCUT2D eigenvalue weighted by Gasteiger charge is -2.19. The largest absolute Gasteiger partial charge is 0.316 e. The van der Waals surface area contributed by atoms with Crippen molar-refractivity contribution in [3.63, 3.8) is 0 Å². The molecule has 0 amide bonds. The lowest BCUT2D eigenvalue weighted by atomic mass is 10.1. The number of hydrogen-bond acceptors (Lipinski definition) is 2. The normalized spacial score (nSPS) is 13.1. The number of thioether (sulfide) groups is 1. The van der Waals surface area contributed by atoms with Crippen molar-refractivity contribution in [1.82, 2.24) is 5.32 Å². The molecule has 0 spiro atoms. The van der Waals surface area contributed by atoms with Crippen LogP contribution in [0.25, 0.3) is 0 Å². The van der Waals surface area contributed by atoms with Gasteiger partial charge in [-0.25, -0.2) is 0 Å². The highest BCUT2D eigenvalue weighted by Crippen LogP contribution is 2.23. The maximum absolute atomic E-state index is 3.37. The van der Waals surface area contributed by atoms with Crippen LogP contribution in [0, 0.1) is 12.8 Å². The molecule has 0 saturated carbocycles. The summed E-state index contributed by atoms with van der Waals surface area (Å²) in [6.07, 6.45) is 0.